The fourth-order valence-corrected chi connectivity index (χ4v) is 3.17. The molecule has 0 atom stereocenters. The Balaban J connectivity index is 2.79. The molecule has 8 nitrogen and oxygen atoms in total. The molecular formula is C13H13N3O5S. The topological polar surface area (TPSA) is 124 Å². The summed E-state index contributed by atoms with van der Waals surface area (Å²) in [5.41, 5.74) is -1.07. The predicted octanol–water partition coefficient (Wildman–Crippen LogP) is 0.617. The van der Waals surface area contributed by atoms with Crippen LogP contribution in [0, 0.1) is 0 Å². The summed E-state index contributed by atoms with van der Waals surface area (Å²) in [5, 5.41) is 12.7. The van der Waals surface area contributed by atoms with Gasteiger partial charge in [0.05, 0.1) is 17.4 Å². The molecule has 0 aliphatic rings. The van der Waals surface area contributed by atoms with Crippen molar-refractivity contribution in [2.45, 2.75) is 13.5 Å². The standard InChI is InChI=1S/C13H13N3O5S/c1-3-16-5-7(12(18)19)10(17)6-4-8(22-11(6)16)9(15-14)13(20)21-2/h4-5H,3,14H2,1-2H3,(H,18,19)/b15-9-. The summed E-state index contributed by atoms with van der Waals surface area (Å²) in [6.07, 6.45) is 1.28. The largest absolute Gasteiger partial charge is 0.477 e. The number of thiophene rings is 1. The number of esters is 1. The quantitative estimate of drug-likeness (QED) is 0.368. The molecule has 0 aliphatic heterocycles. The number of hydrogen-bond donors (Lipinski definition) is 2. The van der Waals surface area contributed by atoms with E-state index in [2.05, 4.69) is 9.84 Å². The summed E-state index contributed by atoms with van der Waals surface area (Å²) in [7, 11) is 1.19. The number of ether oxygens (including phenoxy) is 1. The minimum absolute atomic E-state index is 0.123. The molecule has 0 radical (unpaired) electrons. The molecule has 0 aromatic carbocycles. The summed E-state index contributed by atoms with van der Waals surface area (Å²) in [6.45, 7) is 2.28. The number of carbonyl (C=O) groups excluding carboxylic acids is 1. The Bertz CT molecular complexity index is 849. The second-order valence-electron chi connectivity index (χ2n) is 4.26. The number of hydrazone groups is 1. The van der Waals surface area contributed by atoms with E-state index in [-0.39, 0.29) is 16.7 Å². The van der Waals surface area contributed by atoms with Gasteiger partial charge in [0.2, 0.25) is 5.43 Å². The molecule has 2 heterocycles. The van der Waals surface area contributed by atoms with E-state index in [1.165, 1.54) is 19.4 Å². The number of rotatable bonds is 4. The third kappa shape index (κ3) is 2.46. The Morgan fingerprint density at radius 3 is 2.68 bits per heavy atom. The zero-order chi connectivity index (χ0) is 16.4. The lowest BCUT2D eigenvalue weighted by Gasteiger charge is -2.05. The molecular weight excluding hydrogens is 310 g/mol. The van der Waals surface area contributed by atoms with Crippen LogP contribution in [0.4, 0.5) is 0 Å². The Kier molecular flexibility index (Phi) is 4.27. The van der Waals surface area contributed by atoms with Crippen LogP contribution in [0.5, 0.6) is 0 Å². The highest BCUT2D eigenvalue weighted by atomic mass is 32.1. The van der Waals surface area contributed by atoms with Crippen LogP contribution < -0.4 is 11.3 Å². The summed E-state index contributed by atoms with van der Waals surface area (Å²) in [6, 6.07) is 1.41. The van der Waals surface area contributed by atoms with Crippen molar-refractivity contribution in [2.75, 3.05) is 7.11 Å². The number of hydrogen-bond acceptors (Lipinski definition) is 7. The van der Waals surface area contributed by atoms with Crippen LogP contribution in [0.25, 0.3) is 10.2 Å². The summed E-state index contributed by atoms with van der Waals surface area (Å²) in [4.78, 5) is 35.9. The van der Waals surface area contributed by atoms with E-state index in [0.717, 1.165) is 11.3 Å². The smallest absolute Gasteiger partial charge is 0.359 e. The molecule has 0 spiro atoms. The number of nitrogens with two attached hydrogens (primary N) is 1. The number of aromatic carboxylic acids is 1. The van der Waals surface area contributed by atoms with Crippen LogP contribution in [-0.4, -0.2) is 34.4 Å². The van der Waals surface area contributed by atoms with Crippen molar-refractivity contribution >= 4 is 39.2 Å². The van der Waals surface area contributed by atoms with E-state index in [9.17, 15) is 14.4 Å². The number of fused-ring (bicyclic) bond motifs is 1. The maximum atomic E-state index is 12.2. The van der Waals surface area contributed by atoms with Gasteiger partial charge in [-0.1, -0.05) is 0 Å². The molecule has 0 saturated heterocycles. The van der Waals surface area contributed by atoms with Gasteiger partial charge in [0.15, 0.2) is 5.71 Å². The lowest BCUT2D eigenvalue weighted by molar-refractivity contribution is -0.132. The highest BCUT2D eigenvalue weighted by molar-refractivity contribution is 7.21. The van der Waals surface area contributed by atoms with Crippen LogP contribution in [0.2, 0.25) is 0 Å². The molecule has 0 amide bonds. The van der Waals surface area contributed by atoms with E-state index in [4.69, 9.17) is 10.9 Å². The zero-order valence-electron chi connectivity index (χ0n) is 11.8. The monoisotopic (exact) mass is 323 g/mol. The van der Waals surface area contributed by atoms with Gasteiger partial charge in [-0.15, -0.1) is 11.3 Å². The van der Waals surface area contributed by atoms with Crippen LogP contribution in [0.1, 0.15) is 22.2 Å². The van der Waals surface area contributed by atoms with Gasteiger partial charge < -0.3 is 20.3 Å². The van der Waals surface area contributed by atoms with Crippen molar-refractivity contribution in [3.63, 3.8) is 0 Å². The first-order valence-electron chi connectivity index (χ1n) is 6.21. The Hall–Kier alpha value is -2.68. The van der Waals surface area contributed by atoms with Gasteiger partial charge in [-0.2, -0.15) is 5.10 Å². The van der Waals surface area contributed by atoms with Gasteiger partial charge in [0, 0.05) is 12.7 Å². The van der Waals surface area contributed by atoms with Crippen LogP contribution in [0.15, 0.2) is 22.2 Å². The molecule has 0 aliphatic carbocycles. The normalized spacial score (nSPS) is 11.6. The predicted molar refractivity (Wildman–Crippen MR) is 81.5 cm³/mol. The van der Waals surface area contributed by atoms with E-state index in [1.807, 2.05) is 6.92 Å². The molecule has 0 bridgehead atoms. The van der Waals surface area contributed by atoms with Crippen LogP contribution >= 0.6 is 11.3 Å². The fourth-order valence-electron chi connectivity index (χ4n) is 1.99. The molecule has 0 saturated carbocycles. The molecule has 22 heavy (non-hydrogen) atoms. The van der Waals surface area contributed by atoms with Crippen molar-refractivity contribution in [3.8, 4) is 0 Å². The molecule has 2 aromatic rings. The first-order chi connectivity index (χ1) is 10.4. The molecule has 0 unspecified atom stereocenters. The second kappa shape index (κ2) is 5.98. The summed E-state index contributed by atoms with van der Waals surface area (Å²) >= 11 is 1.12. The Labute approximate surface area is 128 Å². The second-order valence-corrected chi connectivity index (χ2v) is 5.29. The van der Waals surface area contributed by atoms with Gasteiger partial charge in [0.25, 0.3) is 0 Å². The van der Waals surface area contributed by atoms with Crippen LogP contribution in [0.3, 0.4) is 0 Å². The van der Waals surface area contributed by atoms with Gasteiger partial charge in [-0.25, -0.2) is 9.59 Å². The lowest BCUT2D eigenvalue weighted by Crippen LogP contribution is -2.18. The molecule has 3 N–H and O–H groups in total. The summed E-state index contributed by atoms with van der Waals surface area (Å²) in [5.74, 6) is 3.17. The first kappa shape index (κ1) is 15.7. The van der Waals surface area contributed by atoms with E-state index in [1.54, 1.807) is 4.57 Å². The van der Waals surface area contributed by atoms with Crippen LogP contribution in [-0.2, 0) is 16.1 Å². The Morgan fingerprint density at radius 1 is 1.50 bits per heavy atom. The van der Waals surface area contributed by atoms with E-state index >= 15 is 0 Å². The molecule has 2 rings (SSSR count). The minimum Gasteiger partial charge on any atom is -0.477 e. The first-order valence-corrected chi connectivity index (χ1v) is 7.03. The van der Waals surface area contributed by atoms with Crippen molar-refractivity contribution < 1.29 is 19.4 Å². The summed E-state index contributed by atoms with van der Waals surface area (Å²) < 4.78 is 6.21. The van der Waals surface area contributed by atoms with Gasteiger partial charge in [0.1, 0.15) is 10.4 Å². The van der Waals surface area contributed by atoms with Crippen molar-refractivity contribution in [1.82, 2.24) is 4.57 Å². The van der Waals surface area contributed by atoms with Gasteiger partial charge >= 0.3 is 11.9 Å². The maximum Gasteiger partial charge on any atom is 0.359 e. The lowest BCUT2D eigenvalue weighted by atomic mass is 10.2. The van der Waals surface area contributed by atoms with Gasteiger partial charge in [-0.05, 0) is 13.0 Å². The number of aromatic nitrogens is 1. The molecule has 9 heteroatoms. The molecule has 0 fully saturated rings. The number of methoxy groups -OCH3 is 1. The minimum atomic E-state index is -1.30. The molecule has 2 aromatic heterocycles. The fraction of sp³-hybridized carbons (Fsp3) is 0.231. The molecule has 116 valence electrons. The SMILES string of the molecule is CCn1cc(C(=O)O)c(=O)c2cc(/C(=N/N)C(=O)OC)sc21. The van der Waals surface area contributed by atoms with E-state index in [0.29, 0.717) is 16.3 Å². The number of carboxylic acid groups (broad SMARTS) is 1. The number of carbonyl (C=O) groups is 2. The van der Waals surface area contributed by atoms with Gasteiger partial charge in [-0.3, -0.25) is 4.79 Å². The zero-order valence-corrected chi connectivity index (χ0v) is 12.6. The average Bonchev–Trinajstić information content (AvgIpc) is 2.93. The highest BCUT2D eigenvalue weighted by Gasteiger charge is 2.21. The van der Waals surface area contributed by atoms with E-state index < -0.39 is 17.4 Å². The number of pyridine rings is 1. The highest BCUT2D eigenvalue weighted by Crippen LogP contribution is 2.25. The number of carboxylic acids is 1. The third-order valence-corrected chi connectivity index (χ3v) is 4.24. The number of nitrogens with zero attached hydrogens (tertiary/aromatic N) is 2. The van der Waals surface area contributed by atoms with Crippen molar-refractivity contribution in [2.24, 2.45) is 10.9 Å². The van der Waals surface area contributed by atoms with Crippen molar-refractivity contribution in [1.29, 1.82) is 0 Å². The Morgan fingerprint density at radius 2 is 2.18 bits per heavy atom. The number of aryl methyl sites for hydroxylation is 1. The average molecular weight is 323 g/mol. The maximum absolute atomic E-state index is 12.2. The third-order valence-electron chi connectivity index (χ3n) is 3.06. The van der Waals surface area contributed by atoms with Crippen molar-refractivity contribution in [3.05, 3.63) is 32.9 Å².